The number of ether oxygens (including phenoxy) is 1. The van der Waals surface area contributed by atoms with E-state index in [1.54, 1.807) is 23.0 Å². The number of aromatic nitrogens is 1. The standard InChI is InChI=1S/C18H27N3O3/c1-18(2,3)24-17(23)21-11-8-14(9-12-21)16(22)20(4)13-15-7-5-6-10-19-15/h5-7,10,14H,8-9,11-13H2,1-4H3. The van der Waals surface area contributed by atoms with Gasteiger partial charge in [0, 0.05) is 32.3 Å². The van der Waals surface area contributed by atoms with Crippen molar-refractivity contribution in [3.05, 3.63) is 30.1 Å². The van der Waals surface area contributed by atoms with Crippen LogP contribution in [0.5, 0.6) is 0 Å². The first-order valence-corrected chi connectivity index (χ1v) is 8.39. The summed E-state index contributed by atoms with van der Waals surface area (Å²) in [6.07, 6.45) is 2.78. The van der Waals surface area contributed by atoms with Gasteiger partial charge in [-0.15, -0.1) is 0 Å². The van der Waals surface area contributed by atoms with Gasteiger partial charge in [-0.3, -0.25) is 9.78 Å². The van der Waals surface area contributed by atoms with Gasteiger partial charge in [-0.05, 0) is 45.7 Å². The van der Waals surface area contributed by atoms with Crippen LogP contribution < -0.4 is 0 Å². The molecule has 1 aliphatic heterocycles. The molecular formula is C18H27N3O3. The van der Waals surface area contributed by atoms with E-state index in [-0.39, 0.29) is 17.9 Å². The molecule has 6 nitrogen and oxygen atoms in total. The van der Waals surface area contributed by atoms with Crippen LogP contribution in [0.2, 0.25) is 0 Å². The highest BCUT2D eigenvalue weighted by Gasteiger charge is 2.31. The van der Waals surface area contributed by atoms with Crippen molar-refractivity contribution in [1.29, 1.82) is 0 Å². The summed E-state index contributed by atoms with van der Waals surface area (Å²) in [7, 11) is 1.80. The highest BCUT2D eigenvalue weighted by molar-refractivity contribution is 5.79. The third-order valence-electron chi connectivity index (χ3n) is 4.00. The molecule has 0 unspecified atom stereocenters. The lowest BCUT2D eigenvalue weighted by Crippen LogP contribution is -2.45. The van der Waals surface area contributed by atoms with Crippen LogP contribution in [0.1, 0.15) is 39.3 Å². The number of amides is 2. The summed E-state index contributed by atoms with van der Waals surface area (Å²) in [5, 5.41) is 0. The molecule has 1 saturated heterocycles. The molecule has 0 atom stereocenters. The van der Waals surface area contributed by atoms with Gasteiger partial charge in [0.15, 0.2) is 0 Å². The monoisotopic (exact) mass is 333 g/mol. The number of pyridine rings is 1. The molecule has 0 spiro atoms. The molecule has 0 bridgehead atoms. The summed E-state index contributed by atoms with van der Waals surface area (Å²) >= 11 is 0. The zero-order chi connectivity index (χ0) is 17.7. The first-order chi connectivity index (χ1) is 11.3. The second-order valence-corrected chi connectivity index (χ2v) is 7.26. The van der Waals surface area contributed by atoms with Crippen molar-refractivity contribution < 1.29 is 14.3 Å². The number of piperidine rings is 1. The Morgan fingerprint density at radius 2 is 1.96 bits per heavy atom. The summed E-state index contributed by atoms with van der Waals surface area (Å²) < 4.78 is 5.38. The number of likely N-dealkylation sites (tertiary alicyclic amines) is 1. The van der Waals surface area contributed by atoms with Crippen molar-refractivity contribution in [2.24, 2.45) is 5.92 Å². The van der Waals surface area contributed by atoms with Crippen LogP contribution >= 0.6 is 0 Å². The molecular weight excluding hydrogens is 306 g/mol. The fraction of sp³-hybridized carbons (Fsp3) is 0.611. The van der Waals surface area contributed by atoms with Gasteiger partial charge in [0.25, 0.3) is 0 Å². The molecule has 0 saturated carbocycles. The van der Waals surface area contributed by atoms with E-state index in [4.69, 9.17) is 4.74 Å². The Labute approximate surface area is 143 Å². The van der Waals surface area contributed by atoms with Gasteiger partial charge in [0.1, 0.15) is 5.60 Å². The van der Waals surface area contributed by atoms with Crippen LogP contribution in [0.3, 0.4) is 0 Å². The summed E-state index contributed by atoms with van der Waals surface area (Å²) in [5.41, 5.74) is 0.381. The van der Waals surface area contributed by atoms with Gasteiger partial charge in [-0.2, -0.15) is 0 Å². The molecule has 1 aromatic heterocycles. The number of carbonyl (C=O) groups excluding carboxylic acids is 2. The van der Waals surface area contributed by atoms with Crippen LogP contribution in [-0.2, 0) is 16.1 Å². The minimum Gasteiger partial charge on any atom is -0.444 e. The average Bonchev–Trinajstić information content (AvgIpc) is 2.53. The lowest BCUT2D eigenvalue weighted by atomic mass is 9.95. The van der Waals surface area contributed by atoms with Crippen LogP contribution in [0, 0.1) is 5.92 Å². The Hall–Kier alpha value is -2.11. The molecule has 1 aliphatic rings. The van der Waals surface area contributed by atoms with Crippen molar-refractivity contribution in [1.82, 2.24) is 14.8 Å². The molecule has 0 radical (unpaired) electrons. The molecule has 1 fully saturated rings. The van der Waals surface area contributed by atoms with Crippen molar-refractivity contribution in [3.8, 4) is 0 Å². The molecule has 1 aromatic rings. The third-order valence-corrected chi connectivity index (χ3v) is 4.00. The highest BCUT2D eigenvalue weighted by atomic mass is 16.6. The summed E-state index contributed by atoms with van der Waals surface area (Å²) in [4.78, 5) is 32.3. The number of carbonyl (C=O) groups is 2. The Balaban J connectivity index is 1.83. The van der Waals surface area contributed by atoms with E-state index in [9.17, 15) is 9.59 Å². The molecule has 2 heterocycles. The number of hydrogen-bond acceptors (Lipinski definition) is 4. The lowest BCUT2D eigenvalue weighted by molar-refractivity contribution is -0.136. The Morgan fingerprint density at radius 1 is 1.29 bits per heavy atom. The maximum Gasteiger partial charge on any atom is 0.410 e. The number of hydrogen-bond donors (Lipinski definition) is 0. The van der Waals surface area contributed by atoms with Crippen LogP contribution in [0.4, 0.5) is 4.79 Å². The van der Waals surface area contributed by atoms with Crippen LogP contribution in [0.15, 0.2) is 24.4 Å². The fourth-order valence-corrected chi connectivity index (χ4v) is 2.76. The third kappa shape index (κ3) is 5.22. The minimum absolute atomic E-state index is 0.0441. The molecule has 6 heteroatoms. The molecule has 0 N–H and O–H groups in total. The van der Waals surface area contributed by atoms with E-state index in [0.717, 1.165) is 5.69 Å². The molecule has 0 aromatic carbocycles. The highest BCUT2D eigenvalue weighted by Crippen LogP contribution is 2.21. The molecule has 2 amide bonds. The zero-order valence-electron chi connectivity index (χ0n) is 15.0. The quantitative estimate of drug-likeness (QED) is 0.853. The average molecular weight is 333 g/mol. The predicted octanol–water partition coefficient (Wildman–Crippen LogP) is 2.69. The van der Waals surface area contributed by atoms with E-state index >= 15 is 0 Å². The van der Waals surface area contributed by atoms with Gasteiger partial charge in [0.2, 0.25) is 5.91 Å². The van der Waals surface area contributed by atoms with Gasteiger partial charge < -0.3 is 14.5 Å². The van der Waals surface area contributed by atoms with Crippen LogP contribution in [0.25, 0.3) is 0 Å². The summed E-state index contributed by atoms with van der Waals surface area (Å²) in [6, 6.07) is 5.69. The number of nitrogens with zero attached hydrogens (tertiary/aromatic N) is 3. The van der Waals surface area contributed by atoms with Gasteiger partial charge in [-0.1, -0.05) is 6.07 Å². The lowest BCUT2D eigenvalue weighted by Gasteiger charge is -2.34. The molecule has 24 heavy (non-hydrogen) atoms. The summed E-state index contributed by atoms with van der Waals surface area (Å²) in [5.74, 6) is 0.0712. The van der Waals surface area contributed by atoms with E-state index in [2.05, 4.69) is 4.98 Å². The first-order valence-electron chi connectivity index (χ1n) is 8.39. The molecule has 0 aliphatic carbocycles. The summed E-state index contributed by atoms with van der Waals surface area (Å²) in [6.45, 7) is 7.19. The van der Waals surface area contributed by atoms with E-state index in [1.807, 2.05) is 39.0 Å². The number of rotatable bonds is 3. The largest absolute Gasteiger partial charge is 0.444 e. The Kier molecular flexibility index (Phi) is 5.80. The predicted molar refractivity (Wildman–Crippen MR) is 91.2 cm³/mol. The fourth-order valence-electron chi connectivity index (χ4n) is 2.76. The first kappa shape index (κ1) is 18.2. The second kappa shape index (κ2) is 7.64. The second-order valence-electron chi connectivity index (χ2n) is 7.26. The minimum atomic E-state index is -0.493. The van der Waals surface area contributed by atoms with Gasteiger partial charge >= 0.3 is 6.09 Å². The van der Waals surface area contributed by atoms with E-state index in [0.29, 0.717) is 32.5 Å². The van der Waals surface area contributed by atoms with Crippen molar-refractivity contribution in [3.63, 3.8) is 0 Å². The van der Waals surface area contributed by atoms with E-state index in [1.165, 1.54) is 0 Å². The maximum atomic E-state index is 12.6. The van der Waals surface area contributed by atoms with Crippen molar-refractivity contribution >= 4 is 12.0 Å². The normalized spacial score (nSPS) is 15.9. The van der Waals surface area contributed by atoms with Crippen molar-refractivity contribution in [2.75, 3.05) is 20.1 Å². The van der Waals surface area contributed by atoms with Crippen LogP contribution in [-0.4, -0.2) is 52.5 Å². The SMILES string of the molecule is CN(Cc1ccccn1)C(=O)C1CCN(C(=O)OC(C)(C)C)CC1. The Bertz CT molecular complexity index is 561. The topological polar surface area (TPSA) is 62.7 Å². The maximum absolute atomic E-state index is 12.6. The Morgan fingerprint density at radius 3 is 2.50 bits per heavy atom. The van der Waals surface area contributed by atoms with Crippen molar-refractivity contribution in [2.45, 2.75) is 45.8 Å². The zero-order valence-corrected chi connectivity index (χ0v) is 15.0. The smallest absolute Gasteiger partial charge is 0.410 e. The van der Waals surface area contributed by atoms with E-state index < -0.39 is 5.60 Å². The molecule has 132 valence electrons. The molecule has 2 rings (SSSR count). The van der Waals surface area contributed by atoms with Gasteiger partial charge in [0.05, 0.1) is 12.2 Å². The van der Waals surface area contributed by atoms with Gasteiger partial charge in [-0.25, -0.2) is 4.79 Å².